The fourth-order valence-corrected chi connectivity index (χ4v) is 5.68. The van der Waals surface area contributed by atoms with Gasteiger partial charge in [-0.3, -0.25) is 9.69 Å². The fraction of sp³-hybridized carbons (Fsp3) is 0.281. The first-order valence-electron chi connectivity index (χ1n) is 13.4. The predicted octanol–water partition coefficient (Wildman–Crippen LogP) is 7.44. The normalized spacial score (nSPS) is 14.8. The van der Waals surface area contributed by atoms with Gasteiger partial charge in [-0.05, 0) is 78.7 Å². The summed E-state index contributed by atoms with van der Waals surface area (Å²) in [5.41, 5.74) is 6.25. The Balaban J connectivity index is 1.18. The van der Waals surface area contributed by atoms with E-state index in [0.29, 0.717) is 22.9 Å². The standard InChI is InChI=1S/C32H30ClF3N2O3/c1-20-29(31(40)30(33)28(19-39)37-20)26-8-6-23(7-9-26)22-4-2-21(3-5-22)18-38-16-14-25(15-17-38)24-10-12-27(13-11-24)41-32(34,35)36/h2-13,25,39H,14-19H2,1H3,(H,37,40). The number of hydrogen-bond donors (Lipinski definition) is 2. The highest BCUT2D eigenvalue weighted by Gasteiger charge is 2.31. The molecule has 214 valence electrons. The van der Waals surface area contributed by atoms with E-state index in [1.165, 1.54) is 17.7 Å². The fourth-order valence-electron chi connectivity index (χ4n) is 5.47. The van der Waals surface area contributed by atoms with Crippen molar-refractivity contribution < 1.29 is 23.0 Å². The smallest absolute Gasteiger partial charge is 0.406 e. The number of benzene rings is 3. The molecule has 1 fully saturated rings. The van der Waals surface area contributed by atoms with Crippen LogP contribution in [-0.2, 0) is 13.2 Å². The van der Waals surface area contributed by atoms with E-state index >= 15 is 0 Å². The highest BCUT2D eigenvalue weighted by molar-refractivity contribution is 6.31. The lowest BCUT2D eigenvalue weighted by atomic mass is 9.89. The van der Waals surface area contributed by atoms with E-state index in [2.05, 4.69) is 38.9 Å². The molecular formula is C32H30ClF3N2O3. The number of H-pyrrole nitrogens is 1. The van der Waals surface area contributed by atoms with Gasteiger partial charge in [0.2, 0.25) is 5.43 Å². The zero-order chi connectivity index (χ0) is 29.1. The number of nitrogens with one attached hydrogen (secondary N) is 1. The Bertz CT molecular complexity index is 1540. The van der Waals surface area contributed by atoms with Gasteiger partial charge in [0.05, 0.1) is 12.3 Å². The number of rotatable bonds is 7. The third-order valence-electron chi connectivity index (χ3n) is 7.60. The van der Waals surface area contributed by atoms with E-state index in [0.717, 1.165) is 54.7 Å². The summed E-state index contributed by atoms with van der Waals surface area (Å²) < 4.78 is 41.2. The number of alkyl halides is 3. The van der Waals surface area contributed by atoms with Crippen LogP contribution in [0.5, 0.6) is 5.75 Å². The highest BCUT2D eigenvalue weighted by Crippen LogP contribution is 2.32. The molecule has 0 saturated carbocycles. The number of piperidine rings is 1. The number of hydrogen-bond acceptors (Lipinski definition) is 4. The van der Waals surface area contributed by atoms with Crippen molar-refractivity contribution in [2.45, 2.75) is 45.2 Å². The van der Waals surface area contributed by atoms with Crippen LogP contribution in [0, 0.1) is 6.92 Å². The zero-order valence-electron chi connectivity index (χ0n) is 22.5. The summed E-state index contributed by atoms with van der Waals surface area (Å²) in [5.74, 6) is 0.126. The molecule has 4 aromatic rings. The molecule has 5 rings (SSSR count). The van der Waals surface area contributed by atoms with Gasteiger partial charge < -0.3 is 14.8 Å². The second-order valence-electron chi connectivity index (χ2n) is 10.3. The van der Waals surface area contributed by atoms with Crippen LogP contribution in [0.25, 0.3) is 22.3 Å². The number of aromatic nitrogens is 1. The molecule has 3 aromatic carbocycles. The molecule has 9 heteroatoms. The minimum Gasteiger partial charge on any atom is -0.406 e. The molecule has 2 heterocycles. The molecule has 0 spiro atoms. The second-order valence-corrected chi connectivity index (χ2v) is 10.7. The summed E-state index contributed by atoms with van der Waals surface area (Å²) in [6.07, 6.45) is -2.79. The van der Waals surface area contributed by atoms with E-state index in [-0.39, 0.29) is 22.8 Å². The van der Waals surface area contributed by atoms with Crippen molar-refractivity contribution in [3.05, 3.63) is 111 Å². The average molecular weight is 583 g/mol. The van der Waals surface area contributed by atoms with Crippen molar-refractivity contribution in [3.63, 3.8) is 0 Å². The maximum atomic E-state index is 12.8. The number of aryl methyl sites for hydroxylation is 1. The first kappa shape index (κ1) is 28.9. The van der Waals surface area contributed by atoms with Crippen molar-refractivity contribution in [1.29, 1.82) is 0 Å². The monoisotopic (exact) mass is 582 g/mol. The molecule has 1 aromatic heterocycles. The Morgan fingerprint density at radius 1 is 0.927 bits per heavy atom. The molecule has 5 nitrogen and oxygen atoms in total. The molecule has 1 aliphatic rings. The van der Waals surface area contributed by atoms with Crippen molar-refractivity contribution in [1.82, 2.24) is 9.88 Å². The minimum absolute atomic E-state index is 0.00519. The van der Waals surface area contributed by atoms with E-state index in [9.17, 15) is 23.1 Å². The Morgan fingerprint density at radius 2 is 1.49 bits per heavy atom. The van der Waals surface area contributed by atoms with Gasteiger partial charge >= 0.3 is 6.36 Å². The predicted molar refractivity (Wildman–Crippen MR) is 154 cm³/mol. The molecule has 0 bridgehead atoms. The lowest BCUT2D eigenvalue weighted by Crippen LogP contribution is -2.32. The topological polar surface area (TPSA) is 65.6 Å². The Labute approximate surface area is 241 Å². The van der Waals surface area contributed by atoms with Crippen LogP contribution in [0.2, 0.25) is 5.02 Å². The summed E-state index contributed by atoms with van der Waals surface area (Å²) in [6, 6.07) is 22.4. The summed E-state index contributed by atoms with van der Waals surface area (Å²) in [5, 5.41) is 9.41. The van der Waals surface area contributed by atoms with Crippen LogP contribution in [0.15, 0.2) is 77.6 Å². The number of aromatic amines is 1. The SMILES string of the molecule is Cc1[nH]c(CO)c(Cl)c(=O)c1-c1ccc(-c2ccc(CN3CCC(c4ccc(OC(F)(F)F)cc4)CC3)cc2)cc1. The Hall–Kier alpha value is -3.59. The number of likely N-dealkylation sites (tertiary alicyclic amines) is 1. The van der Waals surface area contributed by atoms with Gasteiger partial charge in [0.1, 0.15) is 10.8 Å². The van der Waals surface area contributed by atoms with Gasteiger partial charge in [0.25, 0.3) is 0 Å². The van der Waals surface area contributed by atoms with Gasteiger partial charge in [-0.25, -0.2) is 0 Å². The summed E-state index contributed by atoms with van der Waals surface area (Å²) in [7, 11) is 0. The van der Waals surface area contributed by atoms with Crippen LogP contribution in [0.3, 0.4) is 0 Å². The van der Waals surface area contributed by atoms with Gasteiger partial charge in [-0.1, -0.05) is 72.3 Å². The maximum Gasteiger partial charge on any atom is 0.573 e. The molecule has 2 N–H and O–H groups in total. The molecule has 0 atom stereocenters. The minimum atomic E-state index is -4.68. The first-order chi connectivity index (χ1) is 19.6. The lowest BCUT2D eigenvalue weighted by Gasteiger charge is -2.32. The molecule has 1 saturated heterocycles. The molecule has 1 aliphatic heterocycles. The second kappa shape index (κ2) is 12.1. The van der Waals surface area contributed by atoms with Gasteiger partial charge in [-0.2, -0.15) is 0 Å². The zero-order valence-corrected chi connectivity index (χ0v) is 23.2. The third-order valence-corrected chi connectivity index (χ3v) is 8.00. The summed E-state index contributed by atoms with van der Waals surface area (Å²) in [6.45, 7) is 4.11. The van der Waals surface area contributed by atoms with E-state index < -0.39 is 6.36 Å². The first-order valence-corrected chi connectivity index (χ1v) is 13.8. The van der Waals surface area contributed by atoms with Crippen LogP contribution < -0.4 is 10.2 Å². The van der Waals surface area contributed by atoms with E-state index in [1.807, 2.05) is 24.3 Å². The number of aliphatic hydroxyl groups excluding tert-OH is 1. The molecule has 0 radical (unpaired) electrons. The van der Waals surface area contributed by atoms with E-state index in [4.69, 9.17) is 11.6 Å². The van der Waals surface area contributed by atoms with Crippen molar-refractivity contribution in [2.75, 3.05) is 13.1 Å². The number of nitrogens with zero attached hydrogens (tertiary/aromatic N) is 1. The van der Waals surface area contributed by atoms with Crippen LogP contribution >= 0.6 is 11.6 Å². The van der Waals surface area contributed by atoms with Crippen molar-refractivity contribution in [3.8, 4) is 28.0 Å². The summed E-state index contributed by atoms with van der Waals surface area (Å²) in [4.78, 5) is 18.2. The lowest BCUT2D eigenvalue weighted by molar-refractivity contribution is -0.274. The third kappa shape index (κ3) is 6.84. The van der Waals surface area contributed by atoms with Gasteiger partial charge in [-0.15, -0.1) is 13.2 Å². The molecular weight excluding hydrogens is 553 g/mol. The Kier molecular flexibility index (Phi) is 8.54. The van der Waals surface area contributed by atoms with Crippen molar-refractivity contribution in [2.24, 2.45) is 0 Å². The van der Waals surface area contributed by atoms with Crippen molar-refractivity contribution >= 4 is 11.6 Å². The maximum absolute atomic E-state index is 12.8. The van der Waals surface area contributed by atoms with Crippen LogP contribution in [0.1, 0.15) is 41.3 Å². The van der Waals surface area contributed by atoms with Crippen LogP contribution in [-0.4, -0.2) is 34.4 Å². The van der Waals surface area contributed by atoms with Gasteiger partial charge in [0, 0.05) is 17.8 Å². The average Bonchev–Trinajstić information content (AvgIpc) is 2.96. The van der Waals surface area contributed by atoms with Crippen LogP contribution in [0.4, 0.5) is 13.2 Å². The summed E-state index contributed by atoms with van der Waals surface area (Å²) >= 11 is 6.15. The molecule has 0 unspecified atom stereocenters. The molecule has 0 aliphatic carbocycles. The highest BCUT2D eigenvalue weighted by atomic mass is 35.5. The van der Waals surface area contributed by atoms with Gasteiger partial charge in [0.15, 0.2) is 0 Å². The number of pyridine rings is 1. The molecule has 0 amide bonds. The van der Waals surface area contributed by atoms with E-state index in [1.54, 1.807) is 19.1 Å². The largest absolute Gasteiger partial charge is 0.573 e. The molecule has 41 heavy (non-hydrogen) atoms. The number of aliphatic hydroxyl groups is 1. The number of ether oxygens (including phenoxy) is 1. The number of halogens is 4. The quantitative estimate of drug-likeness (QED) is 0.238. The Morgan fingerprint density at radius 3 is 2.05 bits per heavy atom.